The number of likely N-dealkylation sites (tertiary alicyclic amines) is 1. The van der Waals surface area contributed by atoms with Gasteiger partial charge in [0.05, 0.1) is 11.8 Å². The highest BCUT2D eigenvalue weighted by Crippen LogP contribution is 2.27. The molecule has 3 rings (SSSR count). The lowest BCUT2D eigenvalue weighted by molar-refractivity contribution is -0.129. The summed E-state index contributed by atoms with van der Waals surface area (Å²) in [4.78, 5) is 29.3. The average Bonchev–Trinajstić information content (AvgIpc) is 3.00. The zero-order chi connectivity index (χ0) is 19.4. The molecule has 7 heteroatoms. The quantitative estimate of drug-likeness (QED) is 0.689. The molecular formula is C20H27FN2O3S. The van der Waals surface area contributed by atoms with E-state index >= 15 is 0 Å². The zero-order valence-corrected chi connectivity index (χ0v) is 16.7. The van der Waals surface area contributed by atoms with Gasteiger partial charge in [-0.15, -0.1) is 11.8 Å². The van der Waals surface area contributed by atoms with Crippen molar-refractivity contribution >= 4 is 23.8 Å². The van der Waals surface area contributed by atoms with Gasteiger partial charge in [0, 0.05) is 24.0 Å². The third-order valence-electron chi connectivity index (χ3n) is 5.13. The molecule has 0 spiro atoms. The number of carbonyl (C=O) groups excluding carboxylic acids is 2. The van der Waals surface area contributed by atoms with Crippen LogP contribution in [0.4, 0.5) is 9.18 Å². The highest BCUT2D eigenvalue weighted by molar-refractivity contribution is 8.00. The molecule has 2 aliphatic heterocycles. The average molecular weight is 395 g/mol. The fourth-order valence-corrected chi connectivity index (χ4v) is 4.61. The molecule has 5 nitrogen and oxygen atoms in total. The van der Waals surface area contributed by atoms with Gasteiger partial charge in [0.2, 0.25) is 5.91 Å². The van der Waals surface area contributed by atoms with E-state index in [1.54, 1.807) is 12.1 Å². The van der Waals surface area contributed by atoms with Gasteiger partial charge in [0.15, 0.2) is 0 Å². The van der Waals surface area contributed by atoms with Crippen LogP contribution in [-0.4, -0.2) is 59.3 Å². The smallest absolute Gasteiger partial charge is 0.410 e. The number of hydrogen-bond donors (Lipinski definition) is 0. The number of cyclic esters (lactones) is 1. The van der Waals surface area contributed by atoms with Crippen LogP contribution in [0.1, 0.15) is 33.1 Å². The first-order valence-electron chi connectivity index (χ1n) is 9.55. The Morgan fingerprint density at radius 3 is 2.56 bits per heavy atom. The Morgan fingerprint density at radius 1 is 1.26 bits per heavy atom. The largest absolute Gasteiger partial charge is 0.447 e. The summed E-state index contributed by atoms with van der Waals surface area (Å²) < 4.78 is 18.2. The van der Waals surface area contributed by atoms with E-state index in [0.29, 0.717) is 31.4 Å². The van der Waals surface area contributed by atoms with E-state index in [1.165, 1.54) is 23.9 Å². The van der Waals surface area contributed by atoms with Crippen molar-refractivity contribution in [3.05, 3.63) is 30.1 Å². The Labute approximate surface area is 164 Å². The fourth-order valence-electron chi connectivity index (χ4n) is 3.80. The van der Waals surface area contributed by atoms with Gasteiger partial charge < -0.3 is 9.64 Å². The van der Waals surface area contributed by atoms with E-state index in [1.807, 2.05) is 9.80 Å². The number of halogens is 1. The standard InChI is InChI=1S/C20H27FN2O3S/c1-14(2)11-17-12-26-20(25)23(17)16-7-9-22(10-8-16)19(24)13-27-18-5-3-15(21)4-6-18/h3-6,14,16-17H,7-13H2,1-2H3. The summed E-state index contributed by atoms with van der Waals surface area (Å²) in [6, 6.07) is 6.49. The minimum Gasteiger partial charge on any atom is -0.447 e. The second-order valence-electron chi connectivity index (χ2n) is 7.62. The number of hydrogen-bond acceptors (Lipinski definition) is 4. The summed E-state index contributed by atoms with van der Waals surface area (Å²) in [6.07, 6.45) is 2.31. The number of ether oxygens (including phenoxy) is 1. The van der Waals surface area contributed by atoms with Crippen molar-refractivity contribution in [3.8, 4) is 0 Å². The van der Waals surface area contributed by atoms with Crippen molar-refractivity contribution < 1.29 is 18.7 Å². The summed E-state index contributed by atoms with van der Waals surface area (Å²) in [5, 5.41) is 0. The number of benzene rings is 1. The maximum atomic E-state index is 12.9. The van der Waals surface area contributed by atoms with Crippen LogP contribution < -0.4 is 0 Å². The first-order chi connectivity index (χ1) is 12.9. The van der Waals surface area contributed by atoms with Crippen LogP contribution in [0, 0.1) is 11.7 Å². The molecule has 1 atom stereocenters. The topological polar surface area (TPSA) is 49.9 Å². The number of carbonyl (C=O) groups is 2. The summed E-state index contributed by atoms with van der Waals surface area (Å²) in [5.41, 5.74) is 0. The molecule has 2 aliphatic rings. The molecule has 2 saturated heterocycles. The van der Waals surface area contributed by atoms with Crippen LogP contribution in [0.3, 0.4) is 0 Å². The van der Waals surface area contributed by atoms with Crippen molar-refractivity contribution in [1.82, 2.24) is 9.80 Å². The van der Waals surface area contributed by atoms with Gasteiger partial charge in [-0.25, -0.2) is 9.18 Å². The normalized spacial score (nSPS) is 21.0. The summed E-state index contributed by atoms with van der Waals surface area (Å²) in [6.45, 7) is 6.10. The Bertz CT molecular complexity index is 660. The van der Waals surface area contributed by atoms with Crippen molar-refractivity contribution in [2.24, 2.45) is 5.92 Å². The molecule has 2 fully saturated rings. The SMILES string of the molecule is CC(C)CC1COC(=O)N1C1CCN(C(=O)CSc2ccc(F)cc2)CC1. The van der Waals surface area contributed by atoms with Gasteiger partial charge in [-0.3, -0.25) is 9.69 Å². The summed E-state index contributed by atoms with van der Waals surface area (Å²) in [5.74, 6) is 0.671. The lowest BCUT2D eigenvalue weighted by Crippen LogP contribution is -2.50. The van der Waals surface area contributed by atoms with Gasteiger partial charge >= 0.3 is 6.09 Å². The van der Waals surface area contributed by atoms with Crippen LogP contribution in [0.2, 0.25) is 0 Å². The molecule has 1 aromatic rings. The molecule has 0 radical (unpaired) electrons. The lowest BCUT2D eigenvalue weighted by Gasteiger charge is -2.38. The lowest BCUT2D eigenvalue weighted by atomic mass is 9.98. The fraction of sp³-hybridized carbons (Fsp3) is 0.600. The first-order valence-corrected chi connectivity index (χ1v) is 10.5. The van der Waals surface area contributed by atoms with Crippen LogP contribution in [0.15, 0.2) is 29.2 Å². The van der Waals surface area contributed by atoms with Gasteiger partial charge in [0.1, 0.15) is 12.4 Å². The molecule has 0 saturated carbocycles. The first kappa shape index (κ1) is 20.0. The van der Waals surface area contributed by atoms with Crippen LogP contribution in [-0.2, 0) is 9.53 Å². The van der Waals surface area contributed by atoms with Crippen molar-refractivity contribution in [2.45, 2.75) is 50.1 Å². The maximum Gasteiger partial charge on any atom is 0.410 e. The van der Waals surface area contributed by atoms with Gasteiger partial charge in [-0.2, -0.15) is 0 Å². The Hall–Kier alpha value is -1.76. The van der Waals surface area contributed by atoms with E-state index in [9.17, 15) is 14.0 Å². The van der Waals surface area contributed by atoms with E-state index < -0.39 is 0 Å². The minimum absolute atomic E-state index is 0.0884. The molecule has 1 aromatic carbocycles. The third-order valence-corrected chi connectivity index (χ3v) is 6.13. The molecule has 2 amide bonds. The maximum absolute atomic E-state index is 12.9. The van der Waals surface area contributed by atoms with Gasteiger partial charge in [-0.05, 0) is 49.4 Å². The molecule has 1 unspecified atom stereocenters. The monoisotopic (exact) mass is 394 g/mol. The second-order valence-corrected chi connectivity index (χ2v) is 8.67. The third kappa shape index (κ3) is 5.15. The predicted molar refractivity (Wildman–Crippen MR) is 103 cm³/mol. The molecule has 0 N–H and O–H groups in total. The molecule has 27 heavy (non-hydrogen) atoms. The van der Waals surface area contributed by atoms with E-state index in [-0.39, 0.29) is 29.9 Å². The summed E-state index contributed by atoms with van der Waals surface area (Å²) in [7, 11) is 0. The number of amides is 2. The highest BCUT2D eigenvalue weighted by Gasteiger charge is 2.39. The molecule has 148 valence electrons. The molecular weight excluding hydrogens is 367 g/mol. The molecule has 0 bridgehead atoms. The van der Waals surface area contributed by atoms with Crippen LogP contribution in [0.5, 0.6) is 0 Å². The Kier molecular flexibility index (Phi) is 6.63. The summed E-state index contributed by atoms with van der Waals surface area (Å²) >= 11 is 1.42. The number of rotatable bonds is 6. The van der Waals surface area contributed by atoms with E-state index in [2.05, 4.69) is 13.8 Å². The van der Waals surface area contributed by atoms with E-state index in [0.717, 1.165) is 24.2 Å². The van der Waals surface area contributed by atoms with Crippen molar-refractivity contribution in [3.63, 3.8) is 0 Å². The van der Waals surface area contributed by atoms with E-state index in [4.69, 9.17) is 4.74 Å². The molecule has 0 aliphatic carbocycles. The Balaban J connectivity index is 1.48. The second kappa shape index (κ2) is 8.95. The van der Waals surface area contributed by atoms with Crippen molar-refractivity contribution in [1.29, 1.82) is 0 Å². The van der Waals surface area contributed by atoms with Crippen LogP contribution in [0.25, 0.3) is 0 Å². The zero-order valence-electron chi connectivity index (χ0n) is 15.9. The van der Waals surface area contributed by atoms with Crippen molar-refractivity contribution in [2.75, 3.05) is 25.4 Å². The van der Waals surface area contributed by atoms with Gasteiger partial charge in [-0.1, -0.05) is 13.8 Å². The predicted octanol–water partition coefficient (Wildman–Crippen LogP) is 3.78. The number of nitrogens with zero attached hydrogens (tertiary/aromatic N) is 2. The Morgan fingerprint density at radius 2 is 1.93 bits per heavy atom. The van der Waals surface area contributed by atoms with Crippen LogP contribution >= 0.6 is 11.8 Å². The van der Waals surface area contributed by atoms with Gasteiger partial charge in [0.25, 0.3) is 0 Å². The molecule has 2 heterocycles. The molecule has 0 aromatic heterocycles. The number of piperidine rings is 1. The highest BCUT2D eigenvalue weighted by atomic mass is 32.2. The number of thioether (sulfide) groups is 1. The minimum atomic E-state index is -0.274.